The molecule has 4 heteroatoms. The van der Waals surface area contributed by atoms with Crippen molar-refractivity contribution in [3.63, 3.8) is 0 Å². The zero-order valence-electron chi connectivity index (χ0n) is 7.90. The fourth-order valence-corrected chi connectivity index (χ4v) is 1.40. The quantitative estimate of drug-likeness (QED) is 0.710. The van der Waals surface area contributed by atoms with Crippen molar-refractivity contribution in [1.29, 1.82) is 0 Å². The number of Topliss-reactive ketones (excluding diaryl/α,β-unsaturated/α-hetero) is 1. The van der Waals surface area contributed by atoms with Gasteiger partial charge in [-0.15, -0.1) is 0 Å². The molecule has 2 aromatic rings. The Morgan fingerprint density at radius 1 is 1.64 bits per heavy atom. The Morgan fingerprint density at radius 3 is 3.07 bits per heavy atom. The van der Waals surface area contributed by atoms with E-state index in [9.17, 15) is 4.79 Å². The van der Waals surface area contributed by atoms with Gasteiger partial charge in [0.2, 0.25) is 0 Å². The Hall–Kier alpha value is -1.68. The van der Waals surface area contributed by atoms with Gasteiger partial charge in [-0.2, -0.15) is 5.10 Å². The van der Waals surface area contributed by atoms with Crippen LogP contribution < -0.4 is 5.73 Å². The van der Waals surface area contributed by atoms with E-state index in [2.05, 4.69) is 5.10 Å². The molecular weight excluding hydrogens is 178 g/mol. The zero-order valence-corrected chi connectivity index (χ0v) is 7.90. The van der Waals surface area contributed by atoms with Gasteiger partial charge in [-0.05, 0) is 24.6 Å². The van der Waals surface area contributed by atoms with Crippen LogP contribution in [0.4, 0.5) is 0 Å². The molecule has 2 rings (SSSR count). The highest BCUT2D eigenvalue weighted by Gasteiger charge is 2.09. The van der Waals surface area contributed by atoms with Crippen molar-refractivity contribution in [2.24, 2.45) is 5.73 Å². The first-order chi connectivity index (χ1) is 6.72. The summed E-state index contributed by atoms with van der Waals surface area (Å²) in [4.78, 5) is 11.3. The molecule has 0 saturated heterocycles. The number of pyridine rings is 1. The Balaban J connectivity index is 2.62. The normalized spacial score (nSPS) is 10.7. The lowest BCUT2D eigenvalue weighted by Crippen LogP contribution is -2.13. The molecule has 2 heterocycles. The molecule has 0 aromatic carbocycles. The lowest BCUT2D eigenvalue weighted by molar-refractivity contribution is 0.0996. The molecule has 0 atom stereocenters. The minimum Gasteiger partial charge on any atom is -0.324 e. The topological polar surface area (TPSA) is 60.4 Å². The van der Waals surface area contributed by atoms with Crippen LogP contribution in [-0.4, -0.2) is 21.9 Å². The SMILES string of the molecule is Cc1cccn2nc(C(=O)CN)cc12. The molecular formula is C10H11N3O. The molecule has 0 amide bonds. The standard InChI is InChI=1S/C10H11N3O/c1-7-3-2-4-13-9(7)5-8(12-13)10(14)6-11/h2-5H,6,11H2,1H3. The van der Waals surface area contributed by atoms with Crippen molar-refractivity contribution in [1.82, 2.24) is 9.61 Å². The van der Waals surface area contributed by atoms with Crippen LogP contribution in [0.25, 0.3) is 5.52 Å². The van der Waals surface area contributed by atoms with E-state index in [0.717, 1.165) is 11.1 Å². The number of carbonyl (C=O) groups excluding carboxylic acids is 1. The maximum atomic E-state index is 11.3. The van der Waals surface area contributed by atoms with Gasteiger partial charge in [0.25, 0.3) is 0 Å². The van der Waals surface area contributed by atoms with Gasteiger partial charge >= 0.3 is 0 Å². The first kappa shape index (κ1) is 8.90. The van der Waals surface area contributed by atoms with E-state index in [4.69, 9.17) is 5.73 Å². The summed E-state index contributed by atoms with van der Waals surface area (Å²) in [5.74, 6) is -0.131. The predicted octanol–water partition coefficient (Wildman–Crippen LogP) is 0.784. The molecule has 0 spiro atoms. The van der Waals surface area contributed by atoms with Crippen LogP contribution in [0.15, 0.2) is 24.4 Å². The maximum absolute atomic E-state index is 11.3. The largest absolute Gasteiger partial charge is 0.324 e. The van der Waals surface area contributed by atoms with E-state index in [0.29, 0.717) is 5.69 Å². The molecule has 14 heavy (non-hydrogen) atoms. The zero-order chi connectivity index (χ0) is 10.1. The van der Waals surface area contributed by atoms with Crippen molar-refractivity contribution in [2.45, 2.75) is 6.92 Å². The van der Waals surface area contributed by atoms with Crippen LogP contribution in [0.2, 0.25) is 0 Å². The summed E-state index contributed by atoms with van der Waals surface area (Å²) in [5, 5.41) is 4.13. The van der Waals surface area contributed by atoms with Gasteiger partial charge < -0.3 is 5.73 Å². The smallest absolute Gasteiger partial charge is 0.196 e. The molecule has 0 aliphatic carbocycles. The number of nitrogens with zero attached hydrogens (tertiary/aromatic N) is 2. The third-order valence-corrected chi connectivity index (χ3v) is 2.18. The molecule has 0 bridgehead atoms. The van der Waals surface area contributed by atoms with E-state index >= 15 is 0 Å². The van der Waals surface area contributed by atoms with E-state index in [1.165, 1.54) is 0 Å². The summed E-state index contributed by atoms with van der Waals surface area (Å²) in [7, 11) is 0. The van der Waals surface area contributed by atoms with Crippen molar-refractivity contribution < 1.29 is 4.79 Å². The minimum atomic E-state index is -0.131. The number of fused-ring (bicyclic) bond motifs is 1. The number of carbonyl (C=O) groups is 1. The molecule has 0 aliphatic rings. The lowest BCUT2D eigenvalue weighted by atomic mass is 10.2. The Bertz CT molecular complexity index is 487. The summed E-state index contributed by atoms with van der Waals surface area (Å²) in [6.07, 6.45) is 1.82. The number of aromatic nitrogens is 2. The van der Waals surface area contributed by atoms with E-state index in [-0.39, 0.29) is 12.3 Å². The molecule has 2 aromatic heterocycles. The van der Waals surface area contributed by atoms with Crippen LogP contribution in [0.5, 0.6) is 0 Å². The molecule has 72 valence electrons. The number of hydrogen-bond donors (Lipinski definition) is 1. The predicted molar refractivity (Wildman–Crippen MR) is 53.3 cm³/mol. The second-order valence-electron chi connectivity index (χ2n) is 3.18. The number of hydrogen-bond acceptors (Lipinski definition) is 3. The highest BCUT2D eigenvalue weighted by Crippen LogP contribution is 2.11. The highest BCUT2D eigenvalue weighted by molar-refractivity contribution is 5.96. The summed E-state index contributed by atoms with van der Waals surface area (Å²) >= 11 is 0. The number of rotatable bonds is 2. The van der Waals surface area contributed by atoms with Gasteiger partial charge in [0.05, 0.1) is 12.1 Å². The first-order valence-electron chi connectivity index (χ1n) is 4.40. The molecule has 0 unspecified atom stereocenters. The Kier molecular flexibility index (Phi) is 2.05. The molecule has 0 fully saturated rings. The number of aryl methyl sites for hydroxylation is 1. The summed E-state index contributed by atoms with van der Waals surface area (Å²) in [6.45, 7) is 1.98. The van der Waals surface area contributed by atoms with Crippen molar-refractivity contribution in [2.75, 3.05) is 6.54 Å². The van der Waals surface area contributed by atoms with Crippen LogP contribution in [0.1, 0.15) is 16.1 Å². The van der Waals surface area contributed by atoms with Gasteiger partial charge in [0.15, 0.2) is 5.78 Å². The van der Waals surface area contributed by atoms with Gasteiger partial charge in [0, 0.05) is 6.20 Å². The molecule has 0 saturated carbocycles. The summed E-state index contributed by atoms with van der Waals surface area (Å²) < 4.78 is 1.69. The maximum Gasteiger partial charge on any atom is 0.196 e. The third-order valence-electron chi connectivity index (χ3n) is 2.18. The average Bonchev–Trinajstić information content (AvgIpc) is 2.62. The van der Waals surface area contributed by atoms with Crippen LogP contribution in [0, 0.1) is 6.92 Å². The van der Waals surface area contributed by atoms with Crippen molar-refractivity contribution in [3.05, 3.63) is 35.7 Å². The Labute approximate surface area is 81.3 Å². The van der Waals surface area contributed by atoms with Gasteiger partial charge in [-0.25, -0.2) is 4.52 Å². The van der Waals surface area contributed by atoms with Crippen LogP contribution in [-0.2, 0) is 0 Å². The second-order valence-corrected chi connectivity index (χ2v) is 3.18. The average molecular weight is 189 g/mol. The van der Waals surface area contributed by atoms with E-state index in [1.807, 2.05) is 25.3 Å². The minimum absolute atomic E-state index is 0.00291. The molecule has 4 nitrogen and oxygen atoms in total. The van der Waals surface area contributed by atoms with Crippen LogP contribution in [0.3, 0.4) is 0 Å². The van der Waals surface area contributed by atoms with Gasteiger partial charge in [-0.3, -0.25) is 4.79 Å². The van der Waals surface area contributed by atoms with Crippen LogP contribution >= 0.6 is 0 Å². The highest BCUT2D eigenvalue weighted by atomic mass is 16.1. The van der Waals surface area contributed by atoms with Crippen molar-refractivity contribution >= 4 is 11.3 Å². The molecule has 0 aliphatic heterocycles. The van der Waals surface area contributed by atoms with Gasteiger partial charge in [-0.1, -0.05) is 6.07 Å². The fourth-order valence-electron chi connectivity index (χ4n) is 1.40. The summed E-state index contributed by atoms with van der Waals surface area (Å²) in [5.41, 5.74) is 7.74. The second kappa shape index (κ2) is 3.23. The summed E-state index contributed by atoms with van der Waals surface area (Å²) in [6, 6.07) is 5.64. The molecule has 0 radical (unpaired) electrons. The monoisotopic (exact) mass is 189 g/mol. The number of nitrogens with two attached hydrogens (primary N) is 1. The fraction of sp³-hybridized carbons (Fsp3) is 0.200. The van der Waals surface area contributed by atoms with Crippen molar-refractivity contribution in [3.8, 4) is 0 Å². The van der Waals surface area contributed by atoms with Gasteiger partial charge in [0.1, 0.15) is 5.69 Å². The van der Waals surface area contributed by atoms with E-state index < -0.39 is 0 Å². The molecule has 2 N–H and O–H groups in total. The lowest BCUT2D eigenvalue weighted by Gasteiger charge is -1.94. The third kappa shape index (κ3) is 1.29. The first-order valence-corrected chi connectivity index (χ1v) is 4.40. The van der Waals surface area contributed by atoms with E-state index in [1.54, 1.807) is 10.6 Å². The Morgan fingerprint density at radius 2 is 2.43 bits per heavy atom. The number of ketones is 1.